The van der Waals surface area contributed by atoms with E-state index in [4.69, 9.17) is 14.6 Å². The van der Waals surface area contributed by atoms with E-state index >= 15 is 0 Å². The molecule has 0 aromatic heterocycles. The lowest BCUT2D eigenvalue weighted by atomic mass is 10.3. The molecule has 1 amide bonds. The average Bonchev–Trinajstić information content (AvgIpc) is 2.83. The van der Waals surface area contributed by atoms with Crippen LogP contribution in [-0.2, 0) is 19.6 Å². The Morgan fingerprint density at radius 3 is 2.58 bits per heavy atom. The molecule has 0 atom stereocenters. The summed E-state index contributed by atoms with van der Waals surface area (Å²) in [4.78, 5) is 23.7. The summed E-state index contributed by atoms with van der Waals surface area (Å²) in [6.45, 7) is 0.937. The SMILES string of the molecule is CN(CCC(=O)O)C(=O)CCNS(=O)(=O)c1ccc2c(c1)OCCCO2. The zero-order valence-corrected chi connectivity index (χ0v) is 15.3. The van der Waals surface area contributed by atoms with Crippen LogP contribution in [0.25, 0.3) is 0 Å². The quantitative estimate of drug-likeness (QED) is 0.665. The van der Waals surface area contributed by atoms with Crippen molar-refractivity contribution in [3.05, 3.63) is 18.2 Å². The van der Waals surface area contributed by atoms with Crippen molar-refractivity contribution < 1.29 is 32.6 Å². The van der Waals surface area contributed by atoms with Crippen LogP contribution in [0.1, 0.15) is 19.3 Å². The first-order valence-corrected chi connectivity index (χ1v) is 9.63. The van der Waals surface area contributed by atoms with Crippen LogP contribution in [-0.4, -0.2) is 63.7 Å². The predicted molar refractivity (Wildman–Crippen MR) is 91.7 cm³/mol. The van der Waals surface area contributed by atoms with Gasteiger partial charge in [-0.15, -0.1) is 0 Å². The zero-order chi connectivity index (χ0) is 19.2. The molecule has 1 heterocycles. The van der Waals surface area contributed by atoms with Crippen LogP contribution in [0.2, 0.25) is 0 Å². The molecule has 10 heteroatoms. The maximum absolute atomic E-state index is 12.4. The van der Waals surface area contributed by atoms with Gasteiger partial charge < -0.3 is 19.5 Å². The van der Waals surface area contributed by atoms with E-state index in [1.807, 2.05) is 0 Å². The highest BCUT2D eigenvalue weighted by Crippen LogP contribution is 2.31. The topological polar surface area (TPSA) is 122 Å². The van der Waals surface area contributed by atoms with Gasteiger partial charge in [-0.25, -0.2) is 13.1 Å². The Kier molecular flexibility index (Phi) is 6.81. The van der Waals surface area contributed by atoms with Gasteiger partial charge >= 0.3 is 5.97 Å². The minimum Gasteiger partial charge on any atom is -0.490 e. The van der Waals surface area contributed by atoms with Crippen molar-refractivity contribution in [3.8, 4) is 11.5 Å². The van der Waals surface area contributed by atoms with Crippen molar-refractivity contribution in [1.29, 1.82) is 0 Å². The number of fused-ring (bicyclic) bond motifs is 1. The fraction of sp³-hybridized carbons (Fsp3) is 0.500. The van der Waals surface area contributed by atoms with Gasteiger partial charge in [-0.1, -0.05) is 0 Å². The van der Waals surface area contributed by atoms with Crippen LogP contribution in [0.5, 0.6) is 11.5 Å². The molecular formula is C16H22N2O7S. The minimum atomic E-state index is -3.80. The Hall–Kier alpha value is -2.33. The first kappa shape index (κ1) is 20.0. The summed E-state index contributed by atoms with van der Waals surface area (Å²) < 4.78 is 38.0. The van der Waals surface area contributed by atoms with Crippen LogP contribution in [0.4, 0.5) is 0 Å². The molecule has 0 aliphatic carbocycles. The van der Waals surface area contributed by atoms with E-state index in [0.717, 1.165) is 0 Å². The van der Waals surface area contributed by atoms with E-state index in [1.165, 1.54) is 24.1 Å². The summed E-state index contributed by atoms with van der Waals surface area (Å²) in [5, 5.41) is 8.61. The third-order valence-corrected chi connectivity index (χ3v) is 5.21. The van der Waals surface area contributed by atoms with E-state index < -0.39 is 16.0 Å². The number of amides is 1. The van der Waals surface area contributed by atoms with Crippen LogP contribution >= 0.6 is 0 Å². The smallest absolute Gasteiger partial charge is 0.305 e. The van der Waals surface area contributed by atoms with E-state index in [0.29, 0.717) is 31.1 Å². The fourth-order valence-corrected chi connectivity index (χ4v) is 3.31. The maximum atomic E-state index is 12.4. The molecule has 1 aliphatic rings. The molecule has 2 N–H and O–H groups in total. The van der Waals surface area contributed by atoms with E-state index in [2.05, 4.69) is 4.72 Å². The Labute approximate surface area is 151 Å². The van der Waals surface area contributed by atoms with Gasteiger partial charge in [0.05, 0.1) is 24.5 Å². The molecule has 0 radical (unpaired) electrons. The number of rotatable bonds is 8. The molecule has 2 rings (SSSR count). The van der Waals surface area contributed by atoms with Crippen molar-refractivity contribution in [1.82, 2.24) is 9.62 Å². The second-order valence-corrected chi connectivity index (χ2v) is 7.53. The predicted octanol–water partition coefficient (Wildman–Crippen LogP) is 0.449. The highest BCUT2D eigenvalue weighted by molar-refractivity contribution is 7.89. The van der Waals surface area contributed by atoms with Gasteiger partial charge in [0.1, 0.15) is 0 Å². The van der Waals surface area contributed by atoms with Crippen molar-refractivity contribution in [2.75, 3.05) is 33.4 Å². The third kappa shape index (κ3) is 5.60. The Morgan fingerprint density at radius 1 is 1.19 bits per heavy atom. The van der Waals surface area contributed by atoms with Gasteiger partial charge in [0.2, 0.25) is 15.9 Å². The highest BCUT2D eigenvalue weighted by Gasteiger charge is 2.19. The number of carboxylic acids is 1. The van der Waals surface area contributed by atoms with Crippen LogP contribution in [0.3, 0.4) is 0 Å². The van der Waals surface area contributed by atoms with Crippen LogP contribution in [0, 0.1) is 0 Å². The lowest BCUT2D eigenvalue weighted by molar-refractivity contribution is -0.138. The molecule has 0 fully saturated rings. The van der Waals surface area contributed by atoms with Crippen LogP contribution < -0.4 is 14.2 Å². The van der Waals surface area contributed by atoms with Gasteiger partial charge in [0.25, 0.3) is 0 Å². The van der Waals surface area contributed by atoms with Crippen LogP contribution in [0.15, 0.2) is 23.1 Å². The molecule has 1 aromatic carbocycles. The summed E-state index contributed by atoms with van der Waals surface area (Å²) in [5.41, 5.74) is 0. The Morgan fingerprint density at radius 2 is 1.88 bits per heavy atom. The fourth-order valence-electron chi connectivity index (χ4n) is 2.27. The first-order valence-electron chi connectivity index (χ1n) is 8.14. The van der Waals surface area contributed by atoms with E-state index in [9.17, 15) is 18.0 Å². The molecule has 0 saturated carbocycles. The standard InChI is InChI=1S/C16H22N2O7S/c1-18(8-6-16(20)21)15(19)5-7-17-26(22,23)12-3-4-13-14(11-12)25-10-2-9-24-13/h3-4,11,17H,2,5-10H2,1H3,(H,20,21). The lowest BCUT2D eigenvalue weighted by Gasteiger charge is -2.16. The van der Waals surface area contributed by atoms with Gasteiger partial charge in [-0.2, -0.15) is 0 Å². The summed E-state index contributed by atoms with van der Waals surface area (Å²) in [6.07, 6.45) is 0.484. The second-order valence-electron chi connectivity index (χ2n) is 5.77. The number of benzene rings is 1. The van der Waals surface area contributed by atoms with Gasteiger partial charge in [-0.3, -0.25) is 9.59 Å². The molecule has 0 unspecified atom stereocenters. The number of carboxylic acid groups (broad SMARTS) is 1. The van der Waals surface area contributed by atoms with E-state index in [-0.39, 0.29) is 36.7 Å². The maximum Gasteiger partial charge on any atom is 0.305 e. The second kappa shape index (κ2) is 8.86. The van der Waals surface area contributed by atoms with Gasteiger partial charge in [0, 0.05) is 39.0 Å². The highest BCUT2D eigenvalue weighted by atomic mass is 32.2. The molecule has 9 nitrogen and oxygen atoms in total. The van der Waals surface area contributed by atoms with Crippen molar-refractivity contribution in [2.45, 2.75) is 24.2 Å². The number of sulfonamides is 1. The molecule has 144 valence electrons. The number of nitrogens with one attached hydrogen (secondary N) is 1. The average molecular weight is 386 g/mol. The molecule has 0 spiro atoms. The molecule has 0 bridgehead atoms. The first-order chi connectivity index (χ1) is 12.3. The molecule has 1 aromatic rings. The monoisotopic (exact) mass is 386 g/mol. The number of carbonyl (C=O) groups is 2. The number of hydrogen-bond donors (Lipinski definition) is 2. The summed E-state index contributed by atoms with van der Waals surface area (Å²) in [5.74, 6) is -0.473. The van der Waals surface area contributed by atoms with Crippen molar-refractivity contribution in [3.63, 3.8) is 0 Å². The Bertz CT molecular complexity index is 764. The summed E-state index contributed by atoms with van der Waals surface area (Å²) in [6, 6.07) is 4.35. The normalized spacial score (nSPS) is 13.7. The largest absolute Gasteiger partial charge is 0.490 e. The molecular weight excluding hydrogens is 364 g/mol. The zero-order valence-electron chi connectivity index (χ0n) is 14.4. The summed E-state index contributed by atoms with van der Waals surface area (Å²) in [7, 11) is -2.33. The number of aliphatic carboxylic acids is 1. The Balaban J connectivity index is 1.91. The number of hydrogen-bond acceptors (Lipinski definition) is 6. The molecule has 26 heavy (non-hydrogen) atoms. The third-order valence-electron chi connectivity index (χ3n) is 3.75. The number of nitrogens with zero attached hydrogens (tertiary/aromatic N) is 1. The van der Waals surface area contributed by atoms with Crippen molar-refractivity contribution in [2.24, 2.45) is 0 Å². The summed E-state index contributed by atoms with van der Waals surface area (Å²) >= 11 is 0. The lowest BCUT2D eigenvalue weighted by Crippen LogP contribution is -2.33. The molecule has 0 saturated heterocycles. The molecule has 1 aliphatic heterocycles. The van der Waals surface area contributed by atoms with Gasteiger partial charge in [0.15, 0.2) is 11.5 Å². The number of carbonyl (C=O) groups excluding carboxylic acids is 1. The van der Waals surface area contributed by atoms with Crippen molar-refractivity contribution >= 4 is 21.9 Å². The van der Waals surface area contributed by atoms with E-state index in [1.54, 1.807) is 6.07 Å². The van der Waals surface area contributed by atoms with Gasteiger partial charge in [-0.05, 0) is 12.1 Å². The number of ether oxygens (including phenoxy) is 2. The minimum absolute atomic E-state index is 0.0217.